The van der Waals surface area contributed by atoms with Crippen LogP contribution < -0.4 is 5.73 Å². The monoisotopic (exact) mass is 277 g/mol. The molecule has 1 nitrogen and oxygen atoms in total. The van der Waals surface area contributed by atoms with Crippen molar-refractivity contribution in [3.63, 3.8) is 0 Å². The Morgan fingerprint density at radius 3 is 2.72 bits per heavy atom. The molecule has 0 fully saturated rings. The van der Waals surface area contributed by atoms with E-state index in [1.54, 1.807) is 35.7 Å². The minimum absolute atomic E-state index is 0.172. The molecule has 3 aromatic rings. The first-order chi connectivity index (χ1) is 8.65. The zero-order valence-corrected chi connectivity index (χ0v) is 11.4. The van der Waals surface area contributed by atoms with Crippen LogP contribution >= 0.6 is 22.7 Å². The number of nitrogens with two attached hydrogens (primary N) is 1. The van der Waals surface area contributed by atoms with E-state index in [9.17, 15) is 4.39 Å². The topological polar surface area (TPSA) is 26.0 Å². The molecular formula is C14H12FNS2. The maximum Gasteiger partial charge on any atom is 0.126 e. The molecule has 1 atom stereocenters. The quantitative estimate of drug-likeness (QED) is 0.735. The fourth-order valence-corrected chi connectivity index (χ4v) is 4.11. The van der Waals surface area contributed by atoms with Crippen LogP contribution in [0.3, 0.4) is 0 Å². The molecule has 0 amide bonds. The van der Waals surface area contributed by atoms with Gasteiger partial charge in [0.25, 0.3) is 0 Å². The van der Waals surface area contributed by atoms with E-state index >= 15 is 0 Å². The van der Waals surface area contributed by atoms with Crippen molar-refractivity contribution in [2.45, 2.75) is 13.0 Å². The van der Waals surface area contributed by atoms with Gasteiger partial charge in [0, 0.05) is 14.3 Å². The van der Waals surface area contributed by atoms with Gasteiger partial charge in [-0.3, -0.25) is 0 Å². The van der Waals surface area contributed by atoms with Gasteiger partial charge in [-0.15, -0.1) is 22.7 Å². The second-order valence-electron chi connectivity index (χ2n) is 4.28. The van der Waals surface area contributed by atoms with Crippen molar-refractivity contribution in [1.82, 2.24) is 0 Å². The highest BCUT2D eigenvalue weighted by atomic mass is 32.1. The second-order valence-corrected chi connectivity index (χ2v) is 6.35. The van der Waals surface area contributed by atoms with E-state index in [-0.39, 0.29) is 11.9 Å². The molecule has 0 saturated heterocycles. The van der Waals surface area contributed by atoms with Gasteiger partial charge < -0.3 is 5.73 Å². The van der Waals surface area contributed by atoms with Gasteiger partial charge in [0.05, 0.1) is 6.04 Å². The highest BCUT2D eigenvalue weighted by Crippen LogP contribution is 2.35. The van der Waals surface area contributed by atoms with Crippen LogP contribution in [0.2, 0.25) is 0 Å². The average molecular weight is 277 g/mol. The lowest BCUT2D eigenvalue weighted by Crippen LogP contribution is -2.10. The molecule has 1 aromatic carbocycles. The predicted octanol–water partition coefficient (Wildman–Crippen LogP) is 4.46. The molecule has 0 spiro atoms. The largest absolute Gasteiger partial charge is 0.320 e. The predicted molar refractivity (Wildman–Crippen MR) is 76.9 cm³/mol. The van der Waals surface area contributed by atoms with Gasteiger partial charge in [0.1, 0.15) is 5.82 Å². The third-order valence-electron chi connectivity index (χ3n) is 3.01. The van der Waals surface area contributed by atoms with Gasteiger partial charge in [0.15, 0.2) is 0 Å². The Morgan fingerprint density at radius 1 is 1.17 bits per heavy atom. The summed E-state index contributed by atoms with van der Waals surface area (Å²) in [5.74, 6) is -0.182. The summed E-state index contributed by atoms with van der Waals surface area (Å²) < 4.78 is 15.8. The Balaban J connectivity index is 2.00. The van der Waals surface area contributed by atoms with Crippen LogP contribution in [-0.2, 0) is 0 Å². The van der Waals surface area contributed by atoms with Crippen molar-refractivity contribution in [2.24, 2.45) is 5.73 Å². The Hall–Kier alpha value is -1.23. The minimum atomic E-state index is -0.182. The van der Waals surface area contributed by atoms with E-state index in [1.165, 1.54) is 15.5 Å². The highest BCUT2D eigenvalue weighted by Gasteiger charge is 2.13. The molecule has 0 aliphatic carbocycles. The van der Waals surface area contributed by atoms with Crippen molar-refractivity contribution in [2.75, 3.05) is 0 Å². The molecule has 2 N–H and O–H groups in total. The molecule has 4 heteroatoms. The van der Waals surface area contributed by atoms with Crippen molar-refractivity contribution in [3.05, 3.63) is 57.5 Å². The van der Waals surface area contributed by atoms with Gasteiger partial charge in [-0.2, -0.15) is 0 Å². The molecule has 0 bridgehead atoms. The Morgan fingerprint density at radius 2 is 2.00 bits per heavy atom. The summed E-state index contributed by atoms with van der Waals surface area (Å²) in [5.41, 5.74) is 7.85. The van der Waals surface area contributed by atoms with Crippen LogP contribution in [0.15, 0.2) is 35.7 Å². The number of aryl methyl sites for hydroxylation is 1. The van der Waals surface area contributed by atoms with Gasteiger partial charge in [-0.25, -0.2) is 4.39 Å². The Labute approximate surface area is 113 Å². The molecular weight excluding hydrogens is 265 g/mol. The fourth-order valence-electron chi connectivity index (χ4n) is 1.96. The summed E-state index contributed by atoms with van der Waals surface area (Å²) in [6, 6.07) is 9.15. The molecule has 0 aliphatic heterocycles. The molecule has 18 heavy (non-hydrogen) atoms. The van der Waals surface area contributed by atoms with Gasteiger partial charge >= 0.3 is 0 Å². The molecule has 2 heterocycles. The molecule has 92 valence electrons. The van der Waals surface area contributed by atoms with Crippen molar-refractivity contribution in [1.29, 1.82) is 0 Å². The molecule has 0 saturated carbocycles. The number of fused-ring (bicyclic) bond motifs is 1. The maximum atomic E-state index is 13.2. The lowest BCUT2D eigenvalue weighted by atomic mass is 10.0. The first kappa shape index (κ1) is 11.8. The number of rotatable bonds is 2. The first-order valence-corrected chi connectivity index (χ1v) is 7.33. The standard InChI is InChI=1S/C14H12FNS2/c1-8-6-9(2-3-10(8)15)14(16)13-7-12-11(18-13)4-5-17-12/h2-7,14H,16H2,1H3. The van der Waals surface area contributed by atoms with Gasteiger partial charge in [-0.05, 0) is 41.6 Å². The van der Waals surface area contributed by atoms with E-state index in [0.717, 1.165) is 10.4 Å². The van der Waals surface area contributed by atoms with E-state index < -0.39 is 0 Å². The third-order valence-corrected chi connectivity index (χ3v) is 5.18. The molecule has 0 aliphatic rings. The normalized spacial score (nSPS) is 13.1. The summed E-state index contributed by atoms with van der Waals surface area (Å²) in [5, 5.41) is 2.08. The summed E-state index contributed by atoms with van der Waals surface area (Å²) >= 11 is 3.43. The maximum absolute atomic E-state index is 13.2. The van der Waals surface area contributed by atoms with Crippen molar-refractivity contribution >= 4 is 32.1 Å². The number of hydrogen-bond donors (Lipinski definition) is 1. The Kier molecular flexibility index (Phi) is 2.93. The lowest BCUT2D eigenvalue weighted by molar-refractivity contribution is 0.617. The van der Waals surface area contributed by atoms with E-state index in [4.69, 9.17) is 5.73 Å². The number of benzene rings is 1. The summed E-state index contributed by atoms with van der Waals surface area (Å²) in [4.78, 5) is 1.13. The van der Waals surface area contributed by atoms with Crippen LogP contribution in [0.1, 0.15) is 22.0 Å². The van der Waals surface area contributed by atoms with E-state index in [0.29, 0.717) is 5.56 Å². The summed E-state index contributed by atoms with van der Waals surface area (Å²) in [6.07, 6.45) is 0. The van der Waals surface area contributed by atoms with Crippen LogP contribution in [0.4, 0.5) is 4.39 Å². The van der Waals surface area contributed by atoms with Crippen molar-refractivity contribution < 1.29 is 4.39 Å². The SMILES string of the molecule is Cc1cc(C(N)c2cc3sccc3s2)ccc1F. The molecule has 2 aromatic heterocycles. The zero-order valence-electron chi connectivity index (χ0n) is 9.81. The van der Waals surface area contributed by atoms with Gasteiger partial charge in [-0.1, -0.05) is 12.1 Å². The number of halogens is 1. The highest BCUT2D eigenvalue weighted by molar-refractivity contribution is 7.27. The molecule has 1 unspecified atom stereocenters. The minimum Gasteiger partial charge on any atom is -0.320 e. The number of hydrogen-bond acceptors (Lipinski definition) is 3. The molecule has 0 radical (unpaired) electrons. The zero-order chi connectivity index (χ0) is 12.7. The van der Waals surface area contributed by atoms with Crippen molar-refractivity contribution in [3.8, 4) is 0 Å². The first-order valence-electron chi connectivity index (χ1n) is 5.64. The lowest BCUT2D eigenvalue weighted by Gasteiger charge is -2.11. The second kappa shape index (κ2) is 4.46. The van der Waals surface area contributed by atoms with E-state index in [2.05, 4.69) is 17.5 Å². The Bertz CT molecular complexity index is 670. The smallest absolute Gasteiger partial charge is 0.126 e. The van der Waals surface area contributed by atoms with Crippen LogP contribution in [0, 0.1) is 12.7 Å². The average Bonchev–Trinajstić information content (AvgIpc) is 2.92. The van der Waals surface area contributed by atoms with Gasteiger partial charge in [0.2, 0.25) is 0 Å². The summed E-state index contributed by atoms with van der Waals surface area (Å²) in [7, 11) is 0. The van der Waals surface area contributed by atoms with Crippen LogP contribution in [-0.4, -0.2) is 0 Å². The number of thiophene rings is 2. The summed E-state index contributed by atoms with van der Waals surface area (Å²) in [6.45, 7) is 1.76. The third kappa shape index (κ3) is 1.96. The molecule has 3 rings (SSSR count). The van der Waals surface area contributed by atoms with Crippen LogP contribution in [0.25, 0.3) is 9.40 Å². The van der Waals surface area contributed by atoms with Crippen LogP contribution in [0.5, 0.6) is 0 Å². The van der Waals surface area contributed by atoms with E-state index in [1.807, 2.05) is 6.07 Å². The fraction of sp³-hybridized carbons (Fsp3) is 0.143.